The Kier molecular flexibility index (Phi) is 3.96. The first-order valence-corrected chi connectivity index (χ1v) is 7.66. The molecule has 5 heteroatoms. The zero-order chi connectivity index (χ0) is 14.1. The van der Waals surface area contributed by atoms with Crippen molar-refractivity contribution in [2.75, 3.05) is 0 Å². The molecule has 0 aliphatic rings. The fourth-order valence-electron chi connectivity index (χ4n) is 2.21. The number of nitrogens with one attached hydrogen (secondary N) is 1. The summed E-state index contributed by atoms with van der Waals surface area (Å²) in [7, 11) is 0. The number of nitrogens with two attached hydrogens (primary N) is 1. The minimum absolute atomic E-state index is 0.168. The number of fused-ring (bicyclic) bond motifs is 1. The number of rotatable bonds is 3. The lowest BCUT2D eigenvalue weighted by Gasteiger charge is -2.16. The summed E-state index contributed by atoms with van der Waals surface area (Å²) in [6.07, 6.45) is 0. The first kappa shape index (κ1) is 13.9. The lowest BCUT2D eigenvalue weighted by molar-refractivity contribution is 0.647. The Hall–Kier alpha value is -1.10. The van der Waals surface area contributed by atoms with E-state index in [1.54, 1.807) is 23.5 Å². The Balaban J connectivity index is 2.11. The second kappa shape index (κ2) is 5.72. The van der Waals surface area contributed by atoms with Gasteiger partial charge in [0.15, 0.2) is 0 Å². The lowest BCUT2D eigenvalue weighted by atomic mass is 10.1. The Labute approximate surface area is 131 Å². The molecular formula is C15H12Cl2N2S. The van der Waals surface area contributed by atoms with Gasteiger partial charge in [-0.05, 0) is 41.3 Å². The summed E-state index contributed by atoms with van der Waals surface area (Å²) in [5.74, 6) is 5.73. The number of hydrazine groups is 1. The zero-order valence-electron chi connectivity index (χ0n) is 10.4. The summed E-state index contributed by atoms with van der Waals surface area (Å²) in [5.41, 5.74) is 3.71. The lowest BCUT2D eigenvalue weighted by Crippen LogP contribution is -2.28. The summed E-state index contributed by atoms with van der Waals surface area (Å²) in [4.78, 5) is 1.11. The van der Waals surface area contributed by atoms with Gasteiger partial charge in [-0.15, -0.1) is 11.3 Å². The van der Waals surface area contributed by atoms with Gasteiger partial charge in [-0.2, -0.15) is 0 Å². The fourth-order valence-corrected chi connectivity index (χ4v) is 3.76. The van der Waals surface area contributed by atoms with E-state index in [0.29, 0.717) is 10.0 Å². The van der Waals surface area contributed by atoms with Crippen LogP contribution in [0.25, 0.3) is 10.1 Å². The summed E-state index contributed by atoms with van der Waals surface area (Å²) < 4.78 is 1.22. The van der Waals surface area contributed by atoms with E-state index < -0.39 is 0 Å². The minimum atomic E-state index is -0.168. The standard InChI is InChI=1S/C15H12Cl2N2S/c16-10-5-6-12(17)11(8-10)15(19-18)14-7-9-3-1-2-4-13(9)20-14/h1-8,15,19H,18H2. The van der Waals surface area contributed by atoms with Crippen molar-refractivity contribution < 1.29 is 0 Å². The SMILES string of the molecule is NNC(c1cc2ccccc2s1)c1cc(Cl)ccc1Cl. The number of hydrogen-bond donors (Lipinski definition) is 2. The van der Waals surface area contributed by atoms with Gasteiger partial charge in [0.25, 0.3) is 0 Å². The average Bonchev–Trinajstić information content (AvgIpc) is 2.87. The monoisotopic (exact) mass is 322 g/mol. The van der Waals surface area contributed by atoms with E-state index in [1.807, 2.05) is 18.2 Å². The molecule has 0 aliphatic heterocycles. The van der Waals surface area contributed by atoms with E-state index in [-0.39, 0.29) is 6.04 Å². The molecular weight excluding hydrogens is 311 g/mol. The third-order valence-electron chi connectivity index (χ3n) is 3.16. The maximum atomic E-state index is 6.27. The molecule has 0 saturated heterocycles. The van der Waals surface area contributed by atoms with Gasteiger partial charge in [-0.3, -0.25) is 5.84 Å². The van der Waals surface area contributed by atoms with Gasteiger partial charge >= 0.3 is 0 Å². The van der Waals surface area contributed by atoms with Crippen LogP contribution in [0.15, 0.2) is 48.5 Å². The van der Waals surface area contributed by atoms with E-state index >= 15 is 0 Å². The number of thiophene rings is 1. The molecule has 0 radical (unpaired) electrons. The Morgan fingerprint density at radius 3 is 2.60 bits per heavy atom. The first-order chi connectivity index (χ1) is 9.69. The number of benzene rings is 2. The molecule has 3 rings (SSSR count). The highest BCUT2D eigenvalue weighted by molar-refractivity contribution is 7.19. The van der Waals surface area contributed by atoms with Crippen molar-refractivity contribution in [1.82, 2.24) is 5.43 Å². The second-order valence-corrected chi connectivity index (χ2v) is 6.41. The molecule has 2 aromatic carbocycles. The summed E-state index contributed by atoms with van der Waals surface area (Å²) in [5, 5.41) is 2.49. The normalized spacial score (nSPS) is 12.8. The molecule has 3 aromatic rings. The smallest absolute Gasteiger partial charge is 0.0817 e. The zero-order valence-corrected chi connectivity index (χ0v) is 12.8. The Morgan fingerprint density at radius 1 is 1.05 bits per heavy atom. The van der Waals surface area contributed by atoms with Crippen LogP contribution in [0.5, 0.6) is 0 Å². The van der Waals surface area contributed by atoms with Crippen LogP contribution in [0.3, 0.4) is 0 Å². The van der Waals surface area contributed by atoms with Crippen molar-refractivity contribution >= 4 is 44.6 Å². The average molecular weight is 323 g/mol. The first-order valence-electron chi connectivity index (χ1n) is 6.08. The summed E-state index contributed by atoms with van der Waals surface area (Å²) >= 11 is 14.0. The maximum Gasteiger partial charge on any atom is 0.0817 e. The molecule has 20 heavy (non-hydrogen) atoms. The van der Waals surface area contributed by atoms with Crippen molar-refractivity contribution in [1.29, 1.82) is 0 Å². The van der Waals surface area contributed by atoms with E-state index in [2.05, 4.69) is 23.6 Å². The highest BCUT2D eigenvalue weighted by Gasteiger charge is 2.18. The van der Waals surface area contributed by atoms with Gasteiger partial charge in [0, 0.05) is 19.6 Å². The van der Waals surface area contributed by atoms with Gasteiger partial charge in [-0.25, -0.2) is 5.43 Å². The van der Waals surface area contributed by atoms with Crippen LogP contribution in [-0.2, 0) is 0 Å². The van der Waals surface area contributed by atoms with Gasteiger partial charge in [-0.1, -0.05) is 41.4 Å². The van der Waals surface area contributed by atoms with Gasteiger partial charge in [0.05, 0.1) is 6.04 Å². The van der Waals surface area contributed by atoms with Crippen molar-refractivity contribution in [3.8, 4) is 0 Å². The van der Waals surface area contributed by atoms with E-state index in [1.165, 1.54) is 10.1 Å². The molecule has 102 valence electrons. The molecule has 1 aromatic heterocycles. The molecule has 1 heterocycles. The quantitative estimate of drug-likeness (QED) is 0.539. The fraction of sp³-hybridized carbons (Fsp3) is 0.0667. The number of hydrogen-bond acceptors (Lipinski definition) is 3. The van der Waals surface area contributed by atoms with Crippen LogP contribution in [0, 0.1) is 0 Å². The van der Waals surface area contributed by atoms with Crippen molar-refractivity contribution in [2.24, 2.45) is 5.84 Å². The van der Waals surface area contributed by atoms with Crippen LogP contribution < -0.4 is 11.3 Å². The summed E-state index contributed by atoms with van der Waals surface area (Å²) in [6.45, 7) is 0. The third kappa shape index (κ3) is 2.55. The highest BCUT2D eigenvalue weighted by Crippen LogP contribution is 2.36. The molecule has 3 N–H and O–H groups in total. The highest BCUT2D eigenvalue weighted by atomic mass is 35.5. The molecule has 2 nitrogen and oxygen atoms in total. The molecule has 0 fully saturated rings. The topological polar surface area (TPSA) is 38.0 Å². The Morgan fingerprint density at radius 2 is 1.85 bits per heavy atom. The van der Waals surface area contributed by atoms with Crippen LogP contribution in [0.4, 0.5) is 0 Å². The summed E-state index contributed by atoms with van der Waals surface area (Å²) in [6, 6.07) is 15.6. The predicted molar refractivity (Wildman–Crippen MR) is 87.5 cm³/mol. The van der Waals surface area contributed by atoms with Gasteiger partial charge < -0.3 is 0 Å². The molecule has 0 amide bonds. The van der Waals surface area contributed by atoms with Crippen LogP contribution >= 0.6 is 34.5 Å². The van der Waals surface area contributed by atoms with Gasteiger partial charge in [0.1, 0.15) is 0 Å². The van der Waals surface area contributed by atoms with Crippen LogP contribution in [0.2, 0.25) is 10.0 Å². The van der Waals surface area contributed by atoms with E-state index in [0.717, 1.165) is 10.4 Å². The molecule has 0 bridgehead atoms. The minimum Gasteiger partial charge on any atom is -0.271 e. The van der Waals surface area contributed by atoms with Crippen LogP contribution in [-0.4, -0.2) is 0 Å². The molecule has 1 unspecified atom stereocenters. The van der Waals surface area contributed by atoms with Crippen molar-refractivity contribution in [3.05, 3.63) is 69.0 Å². The third-order valence-corrected chi connectivity index (χ3v) is 4.93. The largest absolute Gasteiger partial charge is 0.271 e. The molecule has 0 saturated carbocycles. The molecule has 1 atom stereocenters. The van der Waals surface area contributed by atoms with Crippen molar-refractivity contribution in [2.45, 2.75) is 6.04 Å². The Bertz CT molecular complexity index is 721. The van der Waals surface area contributed by atoms with Crippen molar-refractivity contribution in [3.63, 3.8) is 0 Å². The van der Waals surface area contributed by atoms with Gasteiger partial charge in [0.2, 0.25) is 0 Å². The number of halogens is 2. The molecule has 0 spiro atoms. The second-order valence-electron chi connectivity index (χ2n) is 4.45. The maximum absolute atomic E-state index is 6.27. The van der Waals surface area contributed by atoms with Crippen LogP contribution in [0.1, 0.15) is 16.5 Å². The predicted octanol–water partition coefficient (Wildman–Crippen LogP) is 4.76. The molecule has 0 aliphatic carbocycles. The van der Waals surface area contributed by atoms with E-state index in [9.17, 15) is 0 Å². The van der Waals surface area contributed by atoms with E-state index in [4.69, 9.17) is 29.0 Å².